The quantitative estimate of drug-likeness (QED) is 0.659. The first-order chi connectivity index (χ1) is 13.5. The third-order valence-electron chi connectivity index (χ3n) is 4.86. The van der Waals surface area contributed by atoms with Gasteiger partial charge in [0.1, 0.15) is 0 Å². The van der Waals surface area contributed by atoms with Crippen LogP contribution in [0.15, 0.2) is 65.7 Å². The number of para-hydroxylation sites is 1. The summed E-state index contributed by atoms with van der Waals surface area (Å²) in [4.78, 5) is 19.2. The molecule has 1 saturated heterocycles. The number of sulfonamides is 1. The first-order valence-corrected chi connectivity index (χ1v) is 10.7. The van der Waals surface area contributed by atoms with Crippen molar-refractivity contribution in [3.8, 4) is 0 Å². The highest BCUT2D eigenvalue weighted by Gasteiger charge is 2.30. The molecule has 3 aromatic rings. The van der Waals surface area contributed by atoms with Crippen LogP contribution in [0.25, 0.3) is 10.9 Å². The number of pyridine rings is 1. The summed E-state index contributed by atoms with van der Waals surface area (Å²) in [7, 11) is -3.60. The summed E-state index contributed by atoms with van der Waals surface area (Å²) in [6.45, 7) is 1.17. The molecule has 1 aromatic heterocycles. The van der Waals surface area contributed by atoms with Gasteiger partial charge in [-0.2, -0.15) is 4.31 Å². The smallest absolute Gasteiger partial charge is 0.254 e. The molecule has 1 aliphatic heterocycles. The van der Waals surface area contributed by atoms with Gasteiger partial charge >= 0.3 is 0 Å². The van der Waals surface area contributed by atoms with E-state index in [9.17, 15) is 13.2 Å². The molecule has 0 aliphatic carbocycles. The lowest BCUT2D eigenvalue weighted by Gasteiger charge is -2.34. The van der Waals surface area contributed by atoms with E-state index in [0.29, 0.717) is 23.7 Å². The van der Waals surface area contributed by atoms with Crippen molar-refractivity contribution in [1.29, 1.82) is 0 Å². The molecule has 2 aromatic carbocycles. The molecule has 8 heteroatoms. The molecule has 1 aliphatic rings. The fourth-order valence-electron chi connectivity index (χ4n) is 3.34. The molecule has 4 rings (SSSR count). The molecule has 144 valence electrons. The predicted octanol–water partition coefficient (Wildman–Crippen LogP) is 3.03. The zero-order valence-electron chi connectivity index (χ0n) is 15.0. The summed E-state index contributed by atoms with van der Waals surface area (Å²) in [6, 6.07) is 15.3. The summed E-state index contributed by atoms with van der Waals surface area (Å²) in [5, 5.41) is 1.28. The maximum Gasteiger partial charge on any atom is 0.254 e. The first-order valence-electron chi connectivity index (χ1n) is 8.85. The van der Waals surface area contributed by atoms with Crippen LogP contribution in [0.5, 0.6) is 0 Å². The molecule has 0 N–H and O–H groups in total. The van der Waals surface area contributed by atoms with Crippen molar-refractivity contribution in [2.45, 2.75) is 4.90 Å². The van der Waals surface area contributed by atoms with E-state index < -0.39 is 10.0 Å². The van der Waals surface area contributed by atoms with Crippen molar-refractivity contribution in [3.63, 3.8) is 0 Å². The second-order valence-electron chi connectivity index (χ2n) is 6.53. The summed E-state index contributed by atoms with van der Waals surface area (Å²) >= 11 is 5.84. The Morgan fingerprint density at radius 1 is 0.929 bits per heavy atom. The lowest BCUT2D eigenvalue weighted by molar-refractivity contribution is 0.0700. The van der Waals surface area contributed by atoms with Crippen LogP contribution in [-0.4, -0.2) is 54.7 Å². The van der Waals surface area contributed by atoms with Gasteiger partial charge in [-0.1, -0.05) is 29.8 Å². The van der Waals surface area contributed by atoms with Gasteiger partial charge in [-0.15, -0.1) is 0 Å². The number of fused-ring (bicyclic) bond motifs is 1. The van der Waals surface area contributed by atoms with Crippen LogP contribution >= 0.6 is 11.6 Å². The predicted molar refractivity (Wildman–Crippen MR) is 108 cm³/mol. The molecule has 2 heterocycles. The molecule has 0 bridgehead atoms. The maximum atomic E-state index is 13.0. The molecule has 1 amide bonds. The van der Waals surface area contributed by atoms with Gasteiger partial charge in [-0.3, -0.25) is 9.78 Å². The summed E-state index contributed by atoms with van der Waals surface area (Å²) in [6.07, 6.45) is 1.62. The number of hydrogen-bond donors (Lipinski definition) is 0. The van der Waals surface area contributed by atoms with Crippen molar-refractivity contribution >= 4 is 38.4 Å². The van der Waals surface area contributed by atoms with E-state index in [1.165, 1.54) is 16.4 Å². The Morgan fingerprint density at radius 3 is 2.32 bits per heavy atom. The monoisotopic (exact) mass is 415 g/mol. The highest BCUT2D eigenvalue weighted by Crippen LogP contribution is 2.22. The van der Waals surface area contributed by atoms with Gasteiger partial charge in [-0.05, 0) is 36.4 Å². The molecule has 0 atom stereocenters. The van der Waals surface area contributed by atoms with Crippen molar-refractivity contribution in [1.82, 2.24) is 14.2 Å². The highest BCUT2D eigenvalue weighted by atomic mass is 35.5. The second kappa shape index (κ2) is 7.50. The fourth-order valence-corrected chi connectivity index (χ4v) is 4.89. The minimum atomic E-state index is -3.60. The van der Waals surface area contributed by atoms with Crippen LogP contribution in [0, 0.1) is 0 Å². The fraction of sp³-hybridized carbons (Fsp3) is 0.200. The first kappa shape index (κ1) is 18.9. The lowest BCUT2D eigenvalue weighted by atomic mass is 10.1. The number of rotatable bonds is 3. The minimum Gasteiger partial charge on any atom is -0.336 e. The Kier molecular flexibility index (Phi) is 5.05. The van der Waals surface area contributed by atoms with Gasteiger partial charge in [-0.25, -0.2) is 8.42 Å². The van der Waals surface area contributed by atoms with Gasteiger partial charge in [0.05, 0.1) is 16.0 Å². The number of aromatic nitrogens is 1. The average Bonchev–Trinajstić information content (AvgIpc) is 2.73. The third-order valence-corrected chi connectivity index (χ3v) is 7.02. The Bertz CT molecular complexity index is 1120. The number of amides is 1. The molecule has 1 fully saturated rings. The molecule has 28 heavy (non-hydrogen) atoms. The molecule has 0 spiro atoms. The van der Waals surface area contributed by atoms with E-state index in [1.807, 2.05) is 24.3 Å². The number of nitrogens with zero attached hydrogens (tertiary/aromatic N) is 3. The summed E-state index contributed by atoms with van der Waals surface area (Å²) in [5.41, 5.74) is 1.34. The van der Waals surface area contributed by atoms with Crippen molar-refractivity contribution in [3.05, 3.63) is 71.4 Å². The Morgan fingerprint density at radius 2 is 1.61 bits per heavy atom. The molecule has 0 saturated carbocycles. The van der Waals surface area contributed by atoms with Gasteiger partial charge in [0.2, 0.25) is 10.0 Å². The summed E-state index contributed by atoms with van der Waals surface area (Å²) < 4.78 is 27.0. The van der Waals surface area contributed by atoms with Crippen LogP contribution in [-0.2, 0) is 10.0 Å². The van der Waals surface area contributed by atoms with Crippen molar-refractivity contribution in [2.75, 3.05) is 26.2 Å². The molecule has 6 nitrogen and oxygen atoms in total. The van der Waals surface area contributed by atoms with Crippen LogP contribution in [0.4, 0.5) is 0 Å². The SMILES string of the molecule is O=C(c1ccnc2ccccc12)N1CCN(S(=O)(=O)c2ccc(Cl)cc2)CC1. The van der Waals surface area contributed by atoms with E-state index in [-0.39, 0.29) is 23.9 Å². The molecule has 0 unspecified atom stereocenters. The van der Waals surface area contributed by atoms with E-state index in [2.05, 4.69) is 4.98 Å². The molecule has 0 radical (unpaired) electrons. The number of carbonyl (C=O) groups excluding carboxylic acids is 1. The summed E-state index contributed by atoms with van der Waals surface area (Å²) in [5.74, 6) is -0.109. The van der Waals surface area contributed by atoms with Crippen LogP contribution in [0.2, 0.25) is 5.02 Å². The normalized spacial score (nSPS) is 15.7. The van der Waals surface area contributed by atoms with Crippen molar-refractivity contribution < 1.29 is 13.2 Å². The number of halogens is 1. The zero-order chi connectivity index (χ0) is 19.7. The highest BCUT2D eigenvalue weighted by molar-refractivity contribution is 7.89. The van der Waals surface area contributed by atoms with Crippen LogP contribution in [0.3, 0.4) is 0 Å². The number of carbonyl (C=O) groups is 1. The second-order valence-corrected chi connectivity index (χ2v) is 8.90. The number of piperazine rings is 1. The number of hydrogen-bond acceptors (Lipinski definition) is 4. The average molecular weight is 416 g/mol. The molecular weight excluding hydrogens is 398 g/mol. The van der Waals surface area contributed by atoms with Crippen LogP contribution < -0.4 is 0 Å². The topological polar surface area (TPSA) is 70.6 Å². The minimum absolute atomic E-state index is 0.109. The van der Waals surface area contributed by atoms with Gasteiger partial charge in [0.15, 0.2) is 0 Å². The van der Waals surface area contributed by atoms with Gasteiger partial charge in [0.25, 0.3) is 5.91 Å². The van der Waals surface area contributed by atoms with E-state index in [1.54, 1.807) is 29.3 Å². The van der Waals surface area contributed by atoms with E-state index in [4.69, 9.17) is 11.6 Å². The third kappa shape index (κ3) is 3.48. The Hall–Kier alpha value is -2.48. The maximum absolute atomic E-state index is 13.0. The van der Waals surface area contributed by atoms with Crippen LogP contribution in [0.1, 0.15) is 10.4 Å². The van der Waals surface area contributed by atoms with E-state index >= 15 is 0 Å². The Balaban J connectivity index is 1.51. The standard InChI is InChI=1S/C20H18ClN3O3S/c21-15-5-7-16(8-6-15)28(26,27)24-13-11-23(12-14-24)20(25)18-9-10-22-19-4-2-1-3-17(18)19/h1-10H,11-14H2. The van der Waals surface area contributed by atoms with Crippen molar-refractivity contribution in [2.24, 2.45) is 0 Å². The number of benzene rings is 2. The van der Waals surface area contributed by atoms with Gasteiger partial charge < -0.3 is 4.90 Å². The largest absolute Gasteiger partial charge is 0.336 e. The van der Waals surface area contributed by atoms with E-state index in [0.717, 1.165) is 10.9 Å². The lowest BCUT2D eigenvalue weighted by Crippen LogP contribution is -2.50. The Labute approximate surface area is 168 Å². The zero-order valence-corrected chi connectivity index (χ0v) is 16.5. The molecular formula is C20H18ClN3O3S. The van der Waals surface area contributed by atoms with Gasteiger partial charge in [0, 0.05) is 42.8 Å².